The molecule has 0 aliphatic heterocycles. The maximum Gasteiger partial charge on any atom is 0.310 e. The Bertz CT molecular complexity index is 1090. The van der Waals surface area contributed by atoms with Gasteiger partial charge >= 0.3 is 5.97 Å². The van der Waals surface area contributed by atoms with E-state index in [-0.39, 0.29) is 11.9 Å². The van der Waals surface area contributed by atoms with Gasteiger partial charge in [0.15, 0.2) is 5.60 Å². The number of carbonyl (C=O) groups excluding carboxylic acids is 1. The zero-order valence-corrected chi connectivity index (χ0v) is 31.5. The van der Waals surface area contributed by atoms with E-state index in [0.717, 1.165) is 42.4 Å². The molecule has 3 rings (SSSR count). The number of hydrogen-bond acceptors (Lipinski definition) is 2. The third-order valence-corrected chi connectivity index (χ3v) is 10.4. The minimum Gasteiger partial charge on any atom is -0.444 e. The quantitative estimate of drug-likeness (QED) is 0.0419. The highest BCUT2D eigenvalue weighted by molar-refractivity contribution is 5.74. The first-order valence-electron chi connectivity index (χ1n) is 20.6. The Hall–Kier alpha value is -2.87. The molecular formula is C47H70O2. The van der Waals surface area contributed by atoms with Crippen molar-refractivity contribution in [2.45, 2.75) is 174 Å². The van der Waals surface area contributed by atoms with Crippen molar-refractivity contribution >= 4 is 5.97 Å². The van der Waals surface area contributed by atoms with Gasteiger partial charge in [0.1, 0.15) is 0 Å². The van der Waals surface area contributed by atoms with E-state index in [9.17, 15) is 4.79 Å². The standard InChI is InChI=1S/C47H70O2/c1-3-5-7-9-11-13-15-16-18-20-22-27-35-42(34-26-21-19-17-14-12-10-8-6-4-2)46(48)49-47(43-36-28-23-29-37-43,44-38-30-24-31-39-44)45-40-32-25-33-41-45/h23-25,28-33,36-42H,3-22,26-27,34-35H2,1-2H3. The first kappa shape index (κ1) is 40.6. The van der Waals surface area contributed by atoms with Gasteiger partial charge in [0.2, 0.25) is 0 Å². The Labute approximate surface area is 301 Å². The van der Waals surface area contributed by atoms with Crippen LogP contribution >= 0.6 is 0 Å². The summed E-state index contributed by atoms with van der Waals surface area (Å²) < 4.78 is 6.92. The minimum absolute atomic E-state index is 0.0458. The summed E-state index contributed by atoms with van der Waals surface area (Å²) in [5.74, 6) is -0.122. The molecule has 49 heavy (non-hydrogen) atoms. The summed E-state index contributed by atoms with van der Waals surface area (Å²) in [7, 11) is 0. The van der Waals surface area contributed by atoms with Crippen LogP contribution in [0.15, 0.2) is 91.0 Å². The van der Waals surface area contributed by atoms with Crippen LogP contribution in [0.1, 0.15) is 185 Å². The fourth-order valence-corrected chi connectivity index (χ4v) is 7.42. The lowest BCUT2D eigenvalue weighted by Crippen LogP contribution is -2.37. The Morgan fingerprint density at radius 1 is 0.429 bits per heavy atom. The highest BCUT2D eigenvalue weighted by atomic mass is 16.6. The molecule has 3 aromatic rings. The van der Waals surface area contributed by atoms with Crippen molar-refractivity contribution in [3.8, 4) is 0 Å². The molecule has 0 radical (unpaired) electrons. The molecule has 2 heteroatoms. The summed E-state index contributed by atoms with van der Waals surface area (Å²) in [4.78, 5) is 14.5. The predicted octanol–water partition coefficient (Wildman–Crippen LogP) is 14.5. The van der Waals surface area contributed by atoms with Crippen molar-refractivity contribution in [2.24, 2.45) is 5.92 Å². The van der Waals surface area contributed by atoms with Gasteiger partial charge in [-0.15, -0.1) is 0 Å². The molecule has 1 unspecified atom stereocenters. The molecule has 0 heterocycles. The van der Waals surface area contributed by atoms with Crippen LogP contribution in [0.4, 0.5) is 0 Å². The number of hydrogen-bond donors (Lipinski definition) is 0. The lowest BCUT2D eigenvalue weighted by atomic mass is 9.79. The Morgan fingerprint density at radius 2 is 0.694 bits per heavy atom. The van der Waals surface area contributed by atoms with Gasteiger partial charge < -0.3 is 4.74 Å². The second-order valence-corrected chi connectivity index (χ2v) is 14.5. The van der Waals surface area contributed by atoms with Crippen LogP contribution in [0.25, 0.3) is 0 Å². The molecule has 0 spiro atoms. The van der Waals surface area contributed by atoms with Crippen LogP contribution in [-0.2, 0) is 15.1 Å². The van der Waals surface area contributed by atoms with Gasteiger partial charge in [-0.1, -0.05) is 246 Å². The van der Waals surface area contributed by atoms with Crippen LogP contribution in [-0.4, -0.2) is 5.97 Å². The third kappa shape index (κ3) is 15.3. The molecule has 0 amide bonds. The lowest BCUT2D eigenvalue weighted by Gasteiger charge is -2.36. The lowest BCUT2D eigenvalue weighted by molar-refractivity contribution is -0.159. The van der Waals surface area contributed by atoms with Gasteiger partial charge in [-0.2, -0.15) is 0 Å². The zero-order valence-electron chi connectivity index (χ0n) is 31.5. The summed E-state index contributed by atoms with van der Waals surface area (Å²) >= 11 is 0. The summed E-state index contributed by atoms with van der Waals surface area (Å²) in [6.45, 7) is 4.57. The van der Waals surface area contributed by atoms with Gasteiger partial charge in [-0.3, -0.25) is 4.79 Å². The first-order chi connectivity index (χ1) is 24.2. The average Bonchev–Trinajstić information content (AvgIpc) is 3.15. The fourth-order valence-electron chi connectivity index (χ4n) is 7.42. The maximum atomic E-state index is 14.5. The van der Waals surface area contributed by atoms with Crippen molar-refractivity contribution in [3.05, 3.63) is 108 Å². The largest absolute Gasteiger partial charge is 0.444 e. The van der Waals surface area contributed by atoms with Gasteiger partial charge in [-0.05, 0) is 12.8 Å². The van der Waals surface area contributed by atoms with E-state index in [1.165, 1.54) is 128 Å². The minimum atomic E-state index is -0.993. The van der Waals surface area contributed by atoms with Crippen molar-refractivity contribution in [1.82, 2.24) is 0 Å². The highest BCUT2D eigenvalue weighted by Crippen LogP contribution is 2.41. The number of unbranched alkanes of at least 4 members (excludes halogenated alkanes) is 20. The van der Waals surface area contributed by atoms with Crippen LogP contribution in [0.3, 0.4) is 0 Å². The SMILES string of the molecule is CCCCCCCCCCCCCCC(CCCCCCCCCCCC)C(=O)OC(c1ccccc1)(c1ccccc1)c1ccccc1. The molecule has 1 atom stereocenters. The number of esters is 1. The number of carbonyl (C=O) groups is 1. The predicted molar refractivity (Wildman–Crippen MR) is 211 cm³/mol. The maximum absolute atomic E-state index is 14.5. The Morgan fingerprint density at radius 3 is 0.980 bits per heavy atom. The van der Waals surface area contributed by atoms with Crippen LogP contribution in [0.5, 0.6) is 0 Å². The molecule has 0 N–H and O–H groups in total. The van der Waals surface area contributed by atoms with Gasteiger partial charge in [0, 0.05) is 16.7 Å². The normalized spacial score (nSPS) is 12.2. The fraction of sp³-hybridized carbons (Fsp3) is 0.596. The van der Waals surface area contributed by atoms with Crippen LogP contribution in [0, 0.1) is 5.92 Å². The summed E-state index contributed by atoms with van der Waals surface area (Å²) in [6, 6.07) is 31.1. The van der Waals surface area contributed by atoms with E-state index in [1.807, 2.05) is 18.2 Å². The van der Waals surface area contributed by atoms with E-state index in [0.29, 0.717) is 0 Å². The first-order valence-corrected chi connectivity index (χ1v) is 20.6. The molecule has 0 bridgehead atoms. The Kier molecular flexibility index (Phi) is 21.5. The van der Waals surface area contributed by atoms with Crippen molar-refractivity contribution in [1.29, 1.82) is 0 Å². The summed E-state index contributed by atoms with van der Waals surface area (Å²) in [6.07, 6.45) is 30.9. The second kappa shape index (κ2) is 26.0. The average molecular weight is 667 g/mol. The zero-order chi connectivity index (χ0) is 34.7. The summed E-state index contributed by atoms with van der Waals surface area (Å²) in [5.41, 5.74) is 1.98. The molecule has 0 fully saturated rings. The number of rotatable bonds is 29. The molecule has 0 aliphatic carbocycles. The van der Waals surface area contributed by atoms with Gasteiger partial charge in [-0.25, -0.2) is 0 Å². The molecule has 0 aliphatic rings. The molecule has 0 saturated carbocycles. The molecule has 2 nitrogen and oxygen atoms in total. The van der Waals surface area contributed by atoms with E-state index in [4.69, 9.17) is 4.74 Å². The van der Waals surface area contributed by atoms with Crippen molar-refractivity contribution in [3.63, 3.8) is 0 Å². The highest BCUT2D eigenvalue weighted by Gasteiger charge is 2.41. The summed E-state index contributed by atoms with van der Waals surface area (Å²) in [5, 5.41) is 0. The smallest absolute Gasteiger partial charge is 0.310 e. The number of ether oxygens (including phenoxy) is 1. The van der Waals surface area contributed by atoms with E-state index in [2.05, 4.69) is 86.6 Å². The van der Waals surface area contributed by atoms with Gasteiger partial charge in [0.25, 0.3) is 0 Å². The molecular weight excluding hydrogens is 597 g/mol. The second-order valence-electron chi connectivity index (χ2n) is 14.5. The topological polar surface area (TPSA) is 26.3 Å². The van der Waals surface area contributed by atoms with E-state index < -0.39 is 5.60 Å². The van der Waals surface area contributed by atoms with Gasteiger partial charge in [0.05, 0.1) is 5.92 Å². The number of benzene rings is 3. The van der Waals surface area contributed by atoms with Crippen LogP contribution in [0.2, 0.25) is 0 Å². The molecule has 0 saturated heterocycles. The monoisotopic (exact) mass is 667 g/mol. The van der Waals surface area contributed by atoms with E-state index >= 15 is 0 Å². The molecule has 3 aromatic carbocycles. The molecule has 0 aromatic heterocycles. The molecule has 270 valence electrons. The van der Waals surface area contributed by atoms with Crippen molar-refractivity contribution in [2.75, 3.05) is 0 Å². The Balaban J connectivity index is 1.64. The third-order valence-electron chi connectivity index (χ3n) is 10.4. The van der Waals surface area contributed by atoms with E-state index in [1.54, 1.807) is 0 Å². The van der Waals surface area contributed by atoms with Crippen molar-refractivity contribution < 1.29 is 9.53 Å². The van der Waals surface area contributed by atoms with Crippen LogP contribution < -0.4 is 0 Å².